The number of benzene rings is 2. The monoisotopic (exact) mass is 347 g/mol. The summed E-state index contributed by atoms with van der Waals surface area (Å²) in [6, 6.07) is 14.1. The molecule has 130 valence electrons. The van der Waals surface area contributed by atoms with Gasteiger partial charge in [0.2, 0.25) is 5.95 Å². The minimum absolute atomic E-state index is 0.0407. The zero-order valence-electron chi connectivity index (χ0n) is 14.4. The van der Waals surface area contributed by atoms with E-state index in [1.165, 1.54) is 6.07 Å². The van der Waals surface area contributed by atoms with Crippen LogP contribution in [0.5, 0.6) is 0 Å². The third-order valence-electron chi connectivity index (χ3n) is 4.30. The molecule has 2 aromatic carbocycles. The first-order valence-electron chi connectivity index (χ1n) is 8.38. The summed E-state index contributed by atoms with van der Waals surface area (Å²) in [6.45, 7) is 4.52. The Hall–Kier alpha value is -3.41. The van der Waals surface area contributed by atoms with Crippen LogP contribution in [0.1, 0.15) is 23.0 Å². The van der Waals surface area contributed by atoms with Crippen molar-refractivity contribution in [1.29, 1.82) is 0 Å². The molecule has 0 bridgehead atoms. The fourth-order valence-electron chi connectivity index (χ4n) is 3.04. The lowest BCUT2D eigenvalue weighted by atomic mass is 10.1. The van der Waals surface area contributed by atoms with Crippen LogP contribution in [0, 0.1) is 6.92 Å². The number of rotatable bonds is 3. The standard InChI is InChI=1S/C20H17N3O3/c1-3-23-15-7-5-4-6-14(15)21-20(23)22-19(25)18-11-16(24)13-10-12(2)8-9-17(13)26-18/h4-11H,3H2,1-2H3,(H,21,22,25). The van der Waals surface area contributed by atoms with Gasteiger partial charge in [-0.2, -0.15) is 0 Å². The third kappa shape index (κ3) is 2.65. The maximum Gasteiger partial charge on any atom is 0.293 e. The van der Waals surface area contributed by atoms with Gasteiger partial charge in [-0.3, -0.25) is 14.9 Å². The van der Waals surface area contributed by atoms with Gasteiger partial charge in [-0.1, -0.05) is 23.8 Å². The molecule has 0 radical (unpaired) electrons. The van der Waals surface area contributed by atoms with Gasteiger partial charge in [-0.05, 0) is 38.1 Å². The molecule has 0 unspecified atom stereocenters. The van der Waals surface area contributed by atoms with Gasteiger partial charge in [0.05, 0.1) is 16.4 Å². The number of para-hydroxylation sites is 2. The van der Waals surface area contributed by atoms with Crippen molar-refractivity contribution in [1.82, 2.24) is 9.55 Å². The lowest BCUT2D eigenvalue weighted by Crippen LogP contribution is -2.17. The first kappa shape index (κ1) is 16.1. The van der Waals surface area contributed by atoms with E-state index in [1.807, 2.05) is 48.7 Å². The number of carbonyl (C=O) groups is 1. The van der Waals surface area contributed by atoms with E-state index in [0.717, 1.165) is 16.6 Å². The van der Waals surface area contributed by atoms with Crippen molar-refractivity contribution < 1.29 is 9.21 Å². The van der Waals surface area contributed by atoms with Crippen LogP contribution in [0.2, 0.25) is 0 Å². The number of anilines is 1. The predicted molar refractivity (Wildman–Crippen MR) is 101 cm³/mol. The Morgan fingerprint density at radius 2 is 2.00 bits per heavy atom. The highest BCUT2D eigenvalue weighted by Crippen LogP contribution is 2.20. The largest absolute Gasteiger partial charge is 0.451 e. The number of aromatic nitrogens is 2. The summed E-state index contributed by atoms with van der Waals surface area (Å²) >= 11 is 0. The number of nitrogens with zero attached hydrogens (tertiary/aromatic N) is 2. The van der Waals surface area contributed by atoms with Gasteiger partial charge >= 0.3 is 0 Å². The number of hydrogen-bond acceptors (Lipinski definition) is 4. The second-order valence-corrected chi connectivity index (χ2v) is 6.10. The summed E-state index contributed by atoms with van der Waals surface area (Å²) in [5.41, 5.74) is 2.82. The van der Waals surface area contributed by atoms with Gasteiger partial charge in [0.15, 0.2) is 11.2 Å². The highest BCUT2D eigenvalue weighted by atomic mass is 16.3. The van der Waals surface area contributed by atoms with E-state index in [4.69, 9.17) is 4.42 Å². The molecule has 0 saturated heterocycles. The molecule has 1 N–H and O–H groups in total. The average Bonchev–Trinajstić information content (AvgIpc) is 2.99. The molecular formula is C20H17N3O3. The van der Waals surface area contributed by atoms with E-state index in [2.05, 4.69) is 10.3 Å². The van der Waals surface area contributed by atoms with Crippen molar-refractivity contribution in [3.8, 4) is 0 Å². The average molecular weight is 347 g/mol. The Morgan fingerprint density at radius 1 is 1.19 bits per heavy atom. The minimum atomic E-state index is -0.505. The molecule has 0 aliphatic carbocycles. The van der Waals surface area contributed by atoms with Crippen LogP contribution in [0.4, 0.5) is 5.95 Å². The number of hydrogen-bond donors (Lipinski definition) is 1. The molecule has 0 spiro atoms. The van der Waals surface area contributed by atoms with E-state index in [1.54, 1.807) is 12.1 Å². The topological polar surface area (TPSA) is 77.1 Å². The van der Waals surface area contributed by atoms with Crippen LogP contribution >= 0.6 is 0 Å². The number of amides is 1. The van der Waals surface area contributed by atoms with E-state index < -0.39 is 5.91 Å². The predicted octanol–water partition coefficient (Wildman–Crippen LogP) is 3.72. The Balaban J connectivity index is 1.74. The molecule has 2 aromatic heterocycles. The third-order valence-corrected chi connectivity index (χ3v) is 4.30. The summed E-state index contributed by atoms with van der Waals surface area (Å²) in [4.78, 5) is 29.4. The van der Waals surface area contributed by atoms with Gasteiger partial charge in [0.1, 0.15) is 5.58 Å². The van der Waals surface area contributed by atoms with Crippen LogP contribution in [0.25, 0.3) is 22.0 Å². The lowest BCUT2D eigenvalue weighted by Gasteiger charge is -2.07. The molecule has 0 aliphatic rings. The number of carbonyl (C=O) groups excluding carboxylic acids is 1. The number of nitrogens with one attached hydrogen (secondary N) is 1. The quantitative estimate of drug-likeness (QED) is 0.613. The summed E-state index contributed by atoms with van der Waals surface area (Å²) in [7, 11) is 0. The Bertz CT molecular complexity index is 1200. The molecule has 0 saturated carbocycles. The number of aryl methyl sites for hydroxylation is 2. The second kappa shape index (κ2) is 6.15. The van der Waals surface area contributed by atoms with Gasteiger partial charge < -0.3 is 8.98 Å². The Kier molecular flexibility index (Phi) is 3.80. The maximum absolute atomic E-state index is 12.6. The first-order chi connectivity index (χ1) is 12.6. The Morgan fingerprint density at radius 3 is 2.81 bits per heavy atom. The molecule has 26 heavy (non-hydrogen) atoms. The highest BCUT2D eigenvalue weighted by molar-refractivity contribution is 6.02. The SMILES string of the molecule is CCn1c(NC(=O)c2cc(=O)c3cc(C)ccc3o2)nc2ccccc21. The lowest BCUT2D eigenvalue weighted by molar-refractivity contribution is 0.0996. The van der Waals surface area contributed by atoms with Crippen LogP contribution in [-0.2, 0) is 6.54 Å². The molecule has 6 heteroatoms. The van der Waals surface area contributed by atoms with Crippen LogP contribution in [-0.4, -0.2) is 15.5 Å². The van der Waals surface area contributed by atoms with Gasteiger partial charge in [0.25, 0.3) is 5.91 Å². The summed E-state index contributed by atoms with van der Waals surface area (Å²) in [5.74, 6) is -0.124. The molecular weight excluding hydrogens is 330 g/mol. The smallest absolute Gasteiger partial charge is 0.293 e. The highest BCUT2D eigenvalue weighted by Gasteiger charge is 2.16. The zero-order valence-corrected chi connectivity index (χ0v) is 14.4. The van der Waals surface area contributed by atoms with Crippen LogP contribution < -0.4 is 10.7 Å². The normalized spacial score (nSPS) is 11.2. The Labute approximate surface area is 149 Å². The fraction of sp³-hybridized carbons (Fsp3) is 0.150. The first-order valence-corrected chi connectivity index (χ1v) is 8.38. The van der Waals surface area contributed by atoms with Gasteiger partial charge in [-0.15, -0.1) is 0 Å². The summed E-state index contributed by atoms with van der Waals surface area (Å²) in [6.07, 6.45) is 0. The number of fused-ring (bicyclic) bond motifs is 2. The van der Waals surface area contributed by atoms with Crippen molar-refractivity contribution in [2.24, 2.45) is 0 Å². The van der Waals surface area contributed by atoms with E-state index in [0.29, 0.717) is 23.5 Å². The van der Waals surface area contributed by atoms with Crippen LogP contribution in [0.3, 0.4) is 0 Å². The second-order valence-electron chi connectivity index (χ2n) is 6.10. The molecule has 0 atom stereocenters. The fourth-order valence-corrected chi connectivity index (χ4v) is 3.04. The van der Waals surface area contributed by atoms with Crippen molar-refractivity contribution in [3.63, 3.8) is 0 Å². The van der Waals surface area contributed by atoms with E-state index >= 15 is 0 Å². The van der Waals surface area contributed by atoms with Crippen molar-refractivity contribution in [2.75, 3.05) is 5.32 Å². The summed E-state index contributed by atoms with van der Waals surface area (Å²) < 4.78 is 7.53. The zero-order chi connectivity index (χ0) is 18.3. The van der Waals surface area contributed by atoms with Gasteiger partial charge in [-0.25, -0.2) is 4.98 Å². The van der Waals surface area contributed by atoms with E-state index in [-0.39, 0.29) is 11.2 Å². The maximum atomic E-state index is 12.6. The van der Waals surface area contributed by atoms with E-state index in [9.17, 15) is 9.59 Å². The summed E-state index contributed by atoms with van der Waals surface area (Å²) in [5, 5.41) is 3.21. The molecule has 4 aromatic rings. The molecule has 1 amide bonds. The molecule has 6 nitrogen and oxygen atoms in total. The van der Waals surface area contributed by atoms with Crippen LogP contribution in [0.15, 0.2) is 57.7 Å². The number of imidazole rings is 1. The molecule has 2 heterocycles. The molecule has 0 aliphatic heterocycles. The molecule has 0 fully saturated rings. The van der Waals surface area contributed by atoms with Crippen molar-refractivity contribution in [2.45, 2.75) is 20.4 Å². The van der Waals surface area contributed by atoms with Crippen molar-refractivity contribution >= 4 is 33.9 Å². The minimum Gasteiger partial charge on any atom is -0.451 e. The van der Waals surface area contributed by atoms with Crippen molar-refractivity contribution in [3.05, 3.63) is 70.1 Å². The van der Waals surface area contributed by atoms with Gasteiger partial charge in [0, 0.05) is 12.6 Å². The molecule has 4 rings (SSSR count).